The number of benzene rings is 1. The highest BCUT2D eigenvalue weighted by Crippen LogP contribution is 2.32. The molecule has 0 heterocycles. The molecular formula is C15H24O2. The number of rotatable bonds is 6. The lowest BCUT2D eigenvalue weighted by Gasteiger charge is -2.24. The molecule has 0 aliphatic carbocycles. The smallest absolute Gasteiger partial charge is 0.157 e. The van der Waals surface area contributed by atoms with Crippen molar-refractivity contribution in [3.05, 3.63) is 23.8 Å². The van der Waals surface area contributed by atoms with Crippen LogP contribution in [-0.2, 0) is 6.42 Å². The average molecular weight is 236 g/mol. The van der Waals surface area contributed by atoms with Gasteiger partial charge < -0.3 is 10.2 Å². The Labute approximate surface area is 104 Å². The van der Waals surface area contributed by atoms with Crippen LogP contribution in [0, 0.1) is 5.41 Å². The van der Waals surface area contributed by atoms with Gasteiger partial charge in [-0.25, -0.2) is 0 Å². The largest absolute Gasteiger partial charge is 0.504 e. The number of phenols is 2. The molecular weight excluding hydrogens is 212 g/mol. The van der Waals surface area contributed by atoms with E-state index in [-0.39, 0.29) is 16.9 Å². The zero-order valence-electron chi connectivity index (χ0n) is 11.2. The second-order valence-electron chi connectivity index (χ2n) is 5.62. The molecule has 0 fully saturated rings. The number of hydrogen-bond donors (Lipinski definition) is 2. The highest BCUT2D eigenvalue weighted by molar-refractivity contribution is 5.40. The normalized spacial score (nSPS) is 11.7. The van der Waals surface area contributed by atoms with E-state index in [0.717, 1.165) is 12.0 Å². The van der Waals surface area contributed by atoms with Gasteiger partial charge in [0.1, 0.15) is 0 Å². The maximum atomic E-state index is 9.46. The van der Waals surface area contributed by atoms with Crippen LogP contribution in [0.15, 0.2) is 18.2 Å². The van der Waals surface area contributed by atoms with Gasteiger partial charge >= 0.3 is 0 Å². The molecule has 1 aromatic carbocycles. The van der Waals surface area contributed by atoms with Gasteiger partial charge in [0.2, 0.25) is 0 Å². The molecule has 2 nitrogen and oxygen atoms in total. The van der Waals surface area contributed by atoms with Crippen molar-refractivity contribution in [1.29, 1.82) is 0 Å². The third-order valence-corrected chi connectivity index (χ3v) is 3.18. The monoisotopic (exact) mass is 236 g/mol. The summed E-state index contributed by atoms with van der Waals surface area (Å²) in [4.78, 5) is 0. The first-order chi connectivity index (χ1) is 7.94. The summed E-state index contributed by atoms with van der Waals surface area (Å²) in [5.74, 6) is -0.0654. The Hall–Kier alpha value is -1.18. The van der Waals surface area contributed by atoms with Gasteiger partial charge in [0.15, 0.2) is 11.5 Å². The van der Waals surface area contributed by atoms with Crippen molar-refractivity contribution in [3.63, 3.8) is 0 Å². The van der Waals surface area contributed by atoms with Gasteiger partial charge in [0.05, 0.1) is 0 Å². The second-order valence-corrected chi connectivity index (χ2v) is 5.62. The topological polar surface area (TPSA) is 40.5 Å². The van der Waals surface area contributed by atoms with Crippen molar-refractivity contribution in [2.75, 3.05) is 0 Å². The lowest BCUT2D eigenvalue weighted by Crippen LogP contribution is -2.14. The van der Waals surface area contributed by atoms with E-state index >= 15 is 0 Å². The van der Waals surface area contributed by atoms with E-state index in [2.05, 4.69) is 20.8 Å². The van der Waals surface area contributed by atoms with Crippen LogP contribution in [0.5, 0.6) is 11.5 Å². The zero-order chi connectivity index (χ0) is 12.9. The molecule has 0 radical (unpaired) electrons. The number of unbranched alkanes of at least 4 members (excludes halogenated alkanes) is 2. The van der Waals surface area contributed by atoms with Crippen LogP contribution in [0.2, 0.25) is 0 Å². The predicted molar refractivity (Wildman–Crippen MR) is 71.4 cm³/mol. The van der Waals surface area contributed by atoms with Crippen LogP contribution in [-0.4, -0.2) is 10.2 Å². The molecule has 0 atom stereocenters. The first kappa shape index (κ1) is 13.9. The van der Waals surface area contributed by atoms with Gasteiger partial charge in [0.25, 0.3) is 0 Å². The Kier molecular flexibility index (Phi) is 4.86. The highest BCUT2D eigenvalue weighted by Gasteiger charge is 2.18. The van der Waals surface area contributed by atoms with E-state index in [9.17, 15) is 10.2 Å². The fraction of sp³-hybridized carbons (Fsp3) is 0.600. The van der Waals surface area contributed by atoms with Crippen LogP contribution in [0.1, 0.15) is 52.0 Å². The summed E-state index contributed by atoms with van der Waals surface area (Å²) in [6.07, 6.45) is 5.92. The van der Waals surface area contributed by atoms with Gasteiger partial charge in [-0.2, -0.15) is 0 Å². The third kappa shape index (κ3) is 4.68. The van der Waals surface area contributed by atoms with Crippen LogP contribution in [0.25, 0.3) is 0 Å². The van der Waals surface area contributed by atoms with E-state index in [1.165, 1.54) is 25.7 Å². The average Bonchev–Trinajstić information content (AvgIpc) is 2.23. The summed E-state index contributed by atoms with van der Waals surface area (Å²) < 4.78 is 0. The Morgan fingerprint density at radius 1 is 1.06 bits per heavy atom. The van der Waals surface area contributed by atoms with Gasteiger partial charge in [-0.3, -0.25) is 0 Å². The summed E-state index contributed by atoms with van der Waals surface area (Å²) in [5, 5.41) is 18.7. The lowest BCUT2D eigenvalue weighted by molar-refractivity contribution is 0.317. The van der Waals surface area contributed by atoms with Crippen LogP contribution < -0.4 is 0 Å². The molecule has 0 aliphatic heterocycles. The summed E-state index contributed by atoms with van der Waals surface area (Å²) in [6, 6.07) is 5.11. The number of aromatic hydroxyl groups is 2. The summed E-state index contributed by atoms with van der Waals surface area (Å²) in [7, 11) is 0. The standard InChI is InChI=1S/C15H24O2/c1-4-5-6-9-15(2,3)11-12-7-8-13(16)14(17)10-12/h7-8,10,16-17H,4-6,9,11H2,1-3H3. The van der Waals surface area contributed by atoms with Gasteiger partial charge in [0, 0.05) is 0 Å². The zero-order valence-corrected chi connectivity index (χ0v) is 11.2. The quantitative estimate of drug-likeness (QED) is 0.572. The second kappa shape index (κ2) is 5.95. The summed E-state index contributed by atoms with van der Waals surface area (Å²) >= 11 is 0. The molecule has 1 rings (SSSR count). The van der Waals surface area contributed by atoms with Crippen molar-refractivity contribution in [2.24, 2.45) is 5.41 Å². The molecule has 0 saturated carbocycles. The fourth-order valence-corrected chi connectivity index (χ4v) is 2.17. The van der Waals surface area contributed by atoms with E-state index in [1.807, 2.05) is 6.07 Å². The minimum absolute atomic E-state index is 0.0214. The molecule has 1 aromatic rings. The maximum absolute atomic E-state index is 9.46. The summed E-state index contributed by atoms with van der Waals surface area (Å²) in [6.45, 7) is 6.73. The molecule has 0 saturated heterocycles. The SMILES string of the molecule is CCCCCC(C)(C)Cc1ccc(O)c(O)c1. The fourth-order valence-electron chi connectivity index (χ4n) is 2.17. The van der Waals surface area contributed by atoms with Gasteiger partial charge in [-0.15, -0.1) is 0 Å². The van der Waals surface area contributed by atoms with Crippen molar-refractivity contribution in [3.8, 4) is 11.5 Å². The van der Waals surface area contributed by atoms with E-state index < -0.39 is 0 Å². The third-order valence-electron chi connectivity index (χ3n) is 3.18. The minimum atomic E-state index is -0.0439. The number of hydrogen-bond acceptors (Lipinski definition) is 2. The van der Waals surface area contributed by atoms with E-state index in [1.54, 1.807) is 12.1 Å². The van der Waals surface area contributed by atoms with Gasteiger partial charge in [-0.1, -0.05) is 46.1 Å². The molecule has 96 valence electrons. The Morgan fingerprint density at radius 3 is 2.35 bits per heavy atom. The molecule has 0 aromatic heterocycles. The van der Waals surface area contributed by atoms with Crippen LogP contribution >= 0.6 is 0 Å². The Morgan fingerprint density at radius 2 is 1.76 bits per heavy atom. The molecule has 0 amide bonds. The minimum Gasteiger partial charge on any atom is -0.504 e. The van der Waals surface area contributed by atoms with Crippen LogP contribution in [0.3, 0.4) is 0 Å². The highest BCUT2D eigenvalue weighted by atomic mass is 16.3. The predicted octanol–water partition coefficient (Wildman–Crippen LogP) is 4.25. The molecule has 0 aliphatic rings. The molecule has 0 unspecified atom stereocenters. The molecule has 0 bridgehead atoms. The van der Waals surface area contributed by atoms with Crippen molar-refractivity contribution >= 4 is 0 Å². The first-order valence-corrected chi connectivity index (χ1v) is 6.45. The van der Waals surface area contributed by atoms with Crippen LogP contribution in [0.4, 0.5) is 0 Å². The first-order valence-electron chi connectivity index (χ1n) is 6.45. The maximum Gasteiger partial charge on any atom is 0.157 e. The van der Waals surface area contributed by atoms with E-state index in [4.69, 9.17) is 0 Å². The van der Waals surface area contributed by atoms with Gasteiger partial charge in [-0.05, 0) is 36.0 Å². The lowest BCUT2D eigenvalue weighted by atomic mass is 9.81. The van der Waals surface area contributed by atoms with Crippen molar-refractivity contribution in [1.82, 2.24) is 0 Å². The number of phenolic OH excluding ortho intramolecular Hbond substituents is 2. The Bertz CT molecular complexity index is 356. The molecule has 2 N–H and O–H groups in total. The Balaban J connectivity index is 2.59. The molecule has 2 heteroatoms. The molecule has 17 heavy (non-hydrogen) atoms. The van der Waals surface area contributed by atoms with E-state index in [0.29, 0.717) is 0 Å². The molecule has 0 spiro atoms. The van der Waals surface area contributed by atoms with Crippen molar-refractivity contribution < 1.29 is 10.2 Å². The summed E-state index contributed by atoms with van der Waals surface area (Å²) in [5.41, 5.74) is 1.33. The van der Waals surface area contributed by atoms with Crippen molar-refractivity contribution in [2.45, 2.75) is 52.9 Å².